The van der Waals surface area contributed by atoms with Crippen LogP contribution in [0.25, 0.3) is 0 Å². The quantitative estimate of drug-likeness (QED) is 0.842. The van der Waals surface area contributed by atoms with E-state index in [1.165, 1.54) is 30.0 Å². The maximum Gasteiger partial charge on any atom is 0.202 e. The Balaban J connectivity index is 1.95. The number of halogens is 1. The largest absolute Gasteiger partial charge is 0.356 e. The van der Waals surface area contributed by atoms with Crippen molar-refractivity contribution in [1.29, 1.82) is 0 Å². The van der Waals surface area contributed by atoms with Crippen molar-refractivity contribution in [2.45, 2.75) is 6.54 Å². The summed E-state index contributed by atoms with van der Waals surface area (Å²) >= 11 is 1.30. The van der Waals surface area contributed by atoms with Gasteiger partial charge in [0.1, 0.15) is 12.1 Å². The van der Waals surface area contributed by atoms with Gasteiger partial charge in [-0.2, -0.15) is 4.37 Å². The second kappa shape index (κ2) is 4.15. The Morgan fingerprint density at radius 2 is 2.07 bits per heavy atom. The molecule has 2 aromatic rings. The smallest absolute Gasteiger partial charge is 0.202 e. The normalized spacial score (nSPS) is 10.1. The summed E-state index contributed by atoms with van der Waals surface area (Å²) in [6, 6.07) is 6.36. The Bertz CT molecular complexity index is 385. The Kier molecular flexibility index (Phi) is 2.69. The van der Waals surface area contributed by atoms with Crippen molar-refractivity contribution in [3.63, 3.8) is 0 Å². The third-order valence-electron chi connectivity index (χ3n) is 1.72. The Labute approximate surface area is 84.8 Å². The van der Waals surface area contributed by atoms with Gasteiger partial charge in [-0.15, -0.1) is 0 Å². The lowest BCUT2D eigenvalue weighted by Gasteiger charge is -2.01. The first-order valence-electron chi connectivity index (χ1n) is 4.09. The van der Waals surface area contributed by atoms with E-state index in [0.717, 1.165) is 10.7 Å². The van der Waals surface area contributed by atoms with E-state index in [1.54, 1.807) is 12.1 Å². The van der Waals surface area contributed by atoms with E-state index < -0.39 is 0 Å². The van der Waals surface area contributed by atoms with Crippen molar-refractivity contribution in [1.82, 2.24) is 9.36 Å². The minimum Gasteiger partial charge on any atom is -0.356 e. The third kappa shape index (κ3) is 2.26. The van der Waals surface area contributed by atoms with E-state index in [9.17, 15) is 4.39 Å². The third-order valence-corrected chi connectivity index (χ3v) is 2.34. The molecule has 0 spiro atoms. The summed E-state index contributed by atoms with van der Waals surface area (Å²) in [6.45, 7) is 0.634. The van der Waals surface area contributed by atoms with Crippen LogP contribution in [0.3, 0.4) is 0 Å². The van der Waals surface area contributed by atoms with Crippen molar-refractivity contribution >= 4 is 16.7 Å². The zero-order valence-corrected chi connectivity index (χ0v) is 8.09. The first-order valence-corrected chi connectivity index (χ1v) is 4.87. The molecule has 5 heteroatoms. The van der Waals surface area contributed by atoms with Crippen LogP contribution in [0.15, 0.2) is 30.6 Å². The van der Waals surface area contributed by atoms with Gasteiger partial charge < -0.3 is 5.32 Å². The van der Waals surface area contributed by atoms with Crippen molar-refractivity contribution in [3.05, 3.63) is 42.0 Å². The molecular weight excluding hydrogens is 201 g/mol. The van der Waals surface area contributed by atoms with Crippen LogP contribution in [0.2, 0.25) is 0 Å². The van der Waals surface area contributed by atoms with E-state index in [2.05, 4.69) is 14.7 Å². The molecule has 1 aromatic carbocycles. The van der Waals surface area contributed by atoms with Crippen molar-refractivity contribution < 1.29 is 4.39 Å². The van der Waals surface area contributed by atoms with Gasteiger partial charge in [0.15, 0.2) is 0 Å². The Morgan fingerprint density at radius 1 is 1.29 bits per heavy atom. The summed E-state index contributed by atoms with van der Waals surface area (Å²) in [6.07, 6.45) is 1.50. The van der Waals surface area contributed by atoms with Crippen molar-refractivity contribution in [2.24, 2.45) is 0 Å². The van der Waals surface area contributed by atoms with Gasteiger partial charge in [0.05, 0.1) is 0 Å². The van der Waals surface area contributed by atoms with Gasteiger partial charge in [0.2, 0.25) is 5.13 Å². The maximum absolute atomic E-state index is 12.6. The highest BCUT2D eigenvalue weighted by molar-refractivity contribution is 7.09. The summed E-state index contributed by atoms with van der Waals surface area (Å²) in [7, 11) is 0. The lowest BCUT2D eigenvalue weighted by molar-refractivity contribution is 0.627. The lowest BCUT2D eigenvalue weighted by Crippen LogP contribution is -1.98. The average Bonchev–Trinajstić information content (AvgIpc) is 2.70. The van der Waals surface area contributed by atoms with Crippen LogP contribution in [0.1, 0.15) is 5.56 Å². The molecule has 0 unspecified atom stereocenters. The summed E-state index contributed by atoms with van der Waals surface area (Å²) in [5, 5.41) is 3.86. The highest BCUT2D eigenvalue weighted by atomic mass is 32.1. The molecule has 1 aromatic heterocycles. The predicted octanol–water partition coefficient (Wildman–Crippen LogP) is 2.29. The molecule has 0 fully saturated rings. The van der Waals surface area contributed by atoms with Crippen molar-refractivity contribution in [3.8, 4) is 0 Å². The highest BCUT2D eigenvalue weighted by Gasteiger charge is 1.96. The Morgan fingerprint density at radius 3 is 2.71 bits per heavy atom. The molecule has 0 atom stereocenters. The van der Waals surface area contributed by atoms with Gasteiger partial charge in [-0.3, -0.25) is 0 Å². The van der Waals surface area contributed by atoms with Crippen LogP contribution in [-0.2, 0) is 6.54 Å². The fraction of sp³-hybridized carbons (Fsp3) is 0.111. The van der Waals surface area contributed by atoms with E-state index in [0.29, 0.717) is 6.54 Å². The zero-order chi connectivity index (χ0) is 9.80. The first-order chi connectivity index (χ1) is 6.84. The summed E-state index contributed by atoms with van der Waals surface area (Å²) < 4.78 is 16.4. The number of anilines is 1. The molecule has 0 amide bonds. The van der Waals surface area contributed by atoms with Crippen LogP contribution < -0.4 is 5.32 Å². The maximum atomic E-state index is 12.6. The van der Waals surface area contributed by atoms with Crippen LogP contribution >= 0.6 is 11.5 Å². The molecule has 0 aliphatic carbocycles. The number of nitrogens with zero attached hydrogens (tertiary/aromatic N) is 2. The Hall–Kier alpha value is -1.49. The number of benzene rings is 1. The van der Waals surface area contributed by atoms with Gasteiger partial charge in [-0.05, 0) is 17.7 Å². The summed E-state index contributed by atoms with van der Waals surface area (Å²) in [4.78, 5) is 3.97. The molecule has 0 aliphatic rings. The predicted molar refractivity (Wildman–Crippen MR) is 53.6 cm³/mol. The van der Waals surface area contributed by atoms with Gasteiger partial charge >= 0.3 is 0 Å². The molecule has 72 valence electrons. The fourth-order valence-electron chi connectivity index (χ4n) is 1.03. The summed E-state index contributed by atoms with van der Waals surface area (Å²) in [5.41, 5.74) is 1.02. The fourth-order valence-corrected chi connectivity index (χ4v) is 1.46. The topological polar surface area (TPSA) is 37.8 Å². The van der Waals surface area contributed by atoms with Crippen LogP contribution in [0, 0.1) is 5.82 Å². The minimum absolute atomic E-state index is 0.218. The minimum atomic E-state index is -0.218. The van der Waals surface area contributed by atoms with Gasteiger partial charge in [-0.25, -0.2) is 9.37 Å². The van der Waals surface area contributed by atoms with Crippen LogP contribution in [0.5, 0.6) is 0 Å². The standard InChI is InChI=1S/C9H8FN3S/c10-8-3-1-7(2-4-8)5-11-9-12-6-13-14-9/h1-4,6H,5H2,(H,11,12,13). The monoisotopic (exact) mass is 209 g/mol. The van der Waals surface area contributed by atoms with Crippen LogP contribution in [0.4, 0.5) is 9.52 Å². The molecule has 0 bridgehead atoms. The molecule has 2 rings (SSSR count). The zero-order valence-electron chi connectivity index (χ0n) is 7.27. The number of rotatable bonds is 3. The van der Waals surface area contributed by atoms with Gasteiger partial charge in [-0.1, -0.05) is 12.1 Å². The number of aromatic nitrogens is 2. The second-order valence-electron chi connectivity index (χ2n) is 2.73. The average molecular weight is 209 g/mol. The molecule has 1 N–H and O–H groups in total. The van der Waals surface area contributed by atoms with Crippen LogP contribution in [-0.4, -0.2) is 9.36 Å². The van der Waals surface area contributed by atoms with E-state index in [4.69, 9.17) is 0 Å². The molecule has 3 nitrogen and oxygen atoms in total. The number of hydrogen-bond donors (Lipinski definition) is 1. The molecular formula is C9H8FN3S. The lowest BCUT2D eigenvalue weighted by atomic mass is 10.2. The molecule has 0 saturated heterocycles. The van der Waals surface area contributed by atoms with Gasteiger partial charge in [0.25, 0.3) is 0 Å². The molecule has 0 radical (unpaired) electrons. The number of nitrogens with one attached hydrogen (secondary N) is 1. The van der Waals surface area contributed by atoms with E-state index >= 15 is 0 Å². The molecule has 0 saturated carbocycles. The number of hydrogen-bond acceptors (Lipinski definition) is 4. The first kappa shape index (κ1) is 9.08. The van der Waals surface area contributed by atoms with Gasteiger partial charge in [0, 0.05) is 18.1 Å². The molecule has 0 aliphatic heterocycles. The second-order valence-corrected chi connectivity index (χ2v) is 3.51. The highest BCUT2D eigenvalue weighted by Crippen LogP contribution is 2.09. The van der Waals surface area contributed by atoms with E-state index in [-0.39, 0.29) is 5.82 Å². The SMILES string of the molecule is Fc1ccc(CNc2ncns2)cc1. The molecule has 14 heavy (non-hydrogen) atoms. The summed E-state index contributed by atoms with van der Waals surface area (Å²) in [5.74, 6) is -0.218. The van der Waals surface area contributed by atoms with Crippen molar-refractivity contribution in [2.75, 3.05) is 5.32 Å². The van der Waals surface area contributed by atoms with E-state index in [1.807, 2.05) is 0 Å². The molecule has 1 heterocycles.